The Morgan fingerprint density at radius 3 is 2.50 bits per heavy atom. The molecule has 0 amide bonds. The van der Waals surface area contributed by atoms with E-state index in [-0.39, 0.29) is 35.5 Å². The van der Waals surface area contributed by atoms with Crippen LogP contribution in [0.15, 0.2) is 17.7 Å². The molecule has 3 heteroatoms. The number of halogens is 2. The van der Waals surface area contributed by atoms with Crippen LogP contribution in [0.4, 0.5) is 0 Å². The van der Waals surface area contributed by atoms with Crippen LogP contribution in [0.2, 0.25) is 0 Å². The van der Waals surface area contributed by atoms with Crippen LogP contribution >= 0.6 is 11.6 Å². The summed E-state index contributed by atoms with van der Waals surface area (Å²) in [6, 6.07) is 0. The normalized spacial score (nSPS) is 19.5. The van der Waals surface area contributed by atoms with Crippen molar-refractivity contribution in [3.63, 3.8) is 0 Å². The molecule has 52 valence electrons. The molecule has 0 aromatic rings. The van der Waals surface area contributed by atoms with Gasteiger partial charge in [0.25, 0.3) is 0 Å². The molecule has 0 N–H and O–H groups in total. The molecule has 0 aromatic carbocycles. The van der Waals surface area contributed by atoms with Crippen molar-refractivity contribution in [1.82, 2.24) is 0 Å². The maximum atomic E-state index is 5.34. The molecule has 0 bridgehead atoms. The standard InChI is InChI=1S/C7H8Cl.ClH.Mg/c8-6-7-4-2-1-3-5-7;;/h2,4H,1,3,5H2;1H;/q-1;;+2/p-1. The Bertz CT molecular complexity index is 130. The minimum atomic E-state index is 0. The molecule has 1 aliphatic rings. The maximum absolute atomic E-state index is 5.34. The molecule has 1 aliphatic carbocycles. The topological polar surface area (TPSA) is 0 Å². The van der Waals surface area contributed by atoms with Crippen LogP contribution in [-0.4, -0.2) is 23.1 Å². The molecule has 0 saturated heterocycles. The Hall–Kier alpha value is 0.826. The predicted octanol–water partition coefficient (Wildman–Crippen LogP) is -0.724. The largest absolute Gasteiger partial charge is 2.00 e. The van der Waals surface area contributed by atoms with E-state index in [0.717, 1.165) is 12.0 Å². The zero-order valence-corrected chi connectivity index (χ0v) is 8.67. The molecule has 0 radical (unpaired) electrons. The first-order chi connectivity index (χ1) is 3.93. The third kappa shape index (κ3) is 4.61. The van der Waals surface area contributed by atoms with E-state index in [1.54, 1.807) is 0 Å². The van der Waals surface area contributed by atoms with Gasteiger partial charge >= 0.3 is 23.1 Å². The fourth-order valence-electron chi connectivity index (χ4n) is 0.798. The monoisotopic (exact) mass is 186 g/mol. The Morgan fingerprint density at radius 2 is 2.20 bits per heavy atom. The third-order valence-electron chi connectivity index (χ3n) is 1.26. The Labute approximate surface area is 89.3 Å². The summed E-state index contributed by atoms with van der Waals surface area (Å²) in [6.07, 6.45) is 7.69. The van der Waals surface area contributed by atoms with E-state index in [1.807, 2.05) is 6.08 Å². The van der Waals surface area contributed by atoms with Gasteiger partial charge in [-0.1, -0.05) is 19.3 Å². The molecule has 0 aromatic heterocycles. The Kier molecular flexibility index (Phi) is 10.6. The van der Waals surface area contributed by atoms with Gasteiger partial charge in [0, 0.05) is 0 Å². The first-order valence-corrected chi connectivity index (χ1v) is 3.20. The second-order valence-corrected chi connectivity index (χ2v) is 2.10. The first kappa shape index (κ1) is 13.4. The minimum absolute atomic E-state index is 0. The summed E-state index contributed by atoms with van der Waals surface area (Å²) in [7, 11) is 0. The summed E-state index contributed by atoms with van der Waals surface area (Å²) >= 11 is 5.34. The van der Waals surface area contributed by atoms with Crippen molar-refractivity contribution < 1.29 is 12.4 Å². The summed E-state index contributed by atoms with van der Waals surface area (Å²) in [6.45, 7) is 0. The van der Waals surface area contributed by atoms with Gasteiger partial charge in [0.1, 0.15) is 0 Å². The summed E-state index contributed by atoms with van der Waals surface area (Å²) in [4.78, 5) is 0. The molecule has 0 unspecified atom stereocenters. The van der Waals surface area contributed by atoms with Gasteiger partial charge in [-0.25, -0.2) is 23.3 Å². The molecular weight excluding hydrogens is 179 g/mol. The zero-order valence-electron chi connectivity index (χ0n) is 5.74. The molecule has 0 heterocycles. The number of hydrogen-bond acceptors (Lipinski definition) is 0. The van der Waals surface area contributed by atoms with Gasteiger partial charge in [-0.2, -0.15) is 11.6 Å². The Morgan fingerprint density at radius 1 is 1.50 bits per heavy atom. The quantitative estimate of drug-likeness (QED) is 0.347. The molecule has 0 saturated carbocycles. The number of rotatable bonds is 0. The first-order valence-electron chi connectivity index (χ1n) is 2.82. The van der Waals surface area contributed by atoms with Gasteiger partial charge < -0.3 is 12.4 Å². The van der Waals surface area contributed by atoms with Crippen molar-refractivity contribution in [2.75, 3.05) is 0 Å². The molecule has 10 heavy (non-hydrogen) atoms. The SMILES string of the molecule is Cl[C-]=C1C=CCCC1.[Cl-].[Mg+2]. The van der Waals surface area contributed by atoms with Crippen LogP contribution in [0.1, 0.15) is 19.3 Å². The van der Waals surface area contributed by atoms with Crippen molar-refractivity contribution in [2.24, 2.45) is 0 Å². The van der Waals surface area contributed by atoms with Crippen LogP contribution in [0.5, 0.6) is 0 Å². The fourth-order valence-corrected chi connectivity index (χ4v) is 0.956. The van der Waals surface area contributed by atoms with Gasteiger partial charge in [-0.15, -0.1) is 0 Å². The van der Waals surface area contributed by atoms with Crippen molar-refractivity contribution in [1.29, 1.82) is 0 Å². The van der Waals surface area contributed by atoms with E-state index < -0.39 is 0 Å². The minimum Gasteiger partial charge on any atom is -1.00 e. The van der Waals surface area contributed by atoms with E-state index in [0.29, 0.717) is 0 Å². The van der Waals surface area contributed by atoms with Gasteiger partial charge in [0.05, 0.1) is 0 Å². The average molecular weight is 187 g/mol. The van der Waals surface area contributed by atoms with Crippen molar-refractivity contribution >= 4 is 34.7 Å². The van der Waals surface area contributed by atoms with Crippen LogP contribution in [-0.2, 0) is 0 Å². The average Bonchev–Trinajstić information content (AvgIpc) is 1.90. The van der Waals surface area contributed by atoms with Crippen molar-refractivity contribution in [3.8, 4) is 0 Å². The second kappa shape index (κ2) is 7.93. The molecule has 0 spiro atoms. The smallest absolute Gasteiger partial charge is 1.00 e. The Balaban J connectivity index is 0. The van der Waals surface area contributed by atoms with Crippen molar-refractivity contribution in [3.05, 3.63) is 23.3 Å². The maximum Gasteiger partial charge on any atom is 2.00 e. The van der Waals surface area contributed by atoms with Crippen LogP contribution in [0, 0.1) is 5.54 Å². The van der Waals surface area contributed by atoms with Gasteiger partial charge in [-0.05, 0) is 0 Å². The summed E-state index contributed by atoms with van der Waals surface area (Å²) in [5.41, 5.74) is 3.74. The van der Waals surface area contributed by atoms with Gasteiger partial charge in [0.2, 0.25) is 0 Å². The van der Waals surface area contributed by atoms with E-state index >= 15 is 0 Å². The van der Waals surface area contributed by atoms with Crippen LogP contribution < -0.4 is 12.4 Å². The van der Waals surface area contributed by atoms with E-state index in [9.17, 15) is 0 Å². The van der Waals surface area contributed by atoms with Gasteiger partial charge in [0.15, 0.2) is 0 Å². The zero-order chi connectivity index (χ0) is 5.82. The van der Waals surface area contributed by atoms with Gasteiger partial charge in [-0.3, -0.25) is 0 Å². The molecule has 0 fully saturated rings. The molecule has 0 nitrogen and oxygen atoms in total. The van der Waals surface area contributed by atoms with E-state index in [4.69, 9.17) is 11.6 Å². The second-order valence-electron chi connectivity index (χ2n) is 1.91. The molecule has 1 rings (SSSR count). The number of allylic oxidation sites excluding steroid dienone is 3. The predicted molar refractivity (Wildman–Crippen MR) is 41.4 cm³/mol. The third-order valence-corrected chi connectivity index (χ3v) is 1.50. The summed E-state index contributed by atoms with van der Waals surface area (Å²) in [5.74, 6) is 0. The summed E-state index contributed by atoms with van der Waals surface area (Å²) < 4.78 is 0. The number of hydrogen-bond donors (Lipinski definition) is 0. The molecule has 0 aliphatic heterocycles. The fraction of sp³-hybridized carbons (Fsp3) is 0.429. The van der Waals surface area contributed by atoms with E-state index in [1.165, 1.54) is 12.8 Å². The molecular formula is C7H8Cl2Mg. The van der Waals surface area contributed by atoms with Crippen LogP contribution in [0.3, 0.4) is 0 Å². The van der Waals surface area contributed by atoms with E-state index in [2.05, 4.69) is 11.6 Å². The molecule has 0 atom stereocenters. The van der Waals surface area contributed by atoms with Crippen molar-refractivity contribution in [2.45, 2.75) is 19.3 Å². The summed E-state index contributed by atoms with van der Waals surface area (Å²) in [5, 5.41) is 0. The van der Waals surface area contributed by atoms with Crippen LogP contribution in [0.25, 0.3) is 0 Å².